The van der Waals surface area contributed by atoms with Crippen molar-refractivity contribution in [3.05, 3.63) is 99.6 Å². The minimum Gasteiger partial charge on any atom is -0.447 e. The predicted octanol–water partition coefficient (Wildman–Crippen LogP) is 3.04. The predicted molar refractivity (Wildman–Crippen MR) is 197 cm³/mol. The van der Waals surface area contributed by atoms with Crippen molar-refractivity contribution in [2.45, 2.75) is 58.8 Å². The molecule has 0 radical (unpaired) electrons. The number of thiazole rings is 1. The lowest BCUT2D eigenvalue weighted by molar-refractivity contribution is -0.144. The highest BCUT2D eigenvalue weighted by Crippen LogP contribution is 2.30. The molecule has 3 atom stereocenters. The average molecular weight is 756 g/mol. The van der Waals surface area contributed by atoms with Gasteiger partial charge in [-0.1, -0.05) is 69.3 Å². The number of ether oxygens (including phenoxy) is 1. The number of carbonyl (C=O) groups is 6. The number of hydrogen-bond donors (Lipinski definition) is 4. The van der Waals surface area contributed by atoms with Crippen LogP contribution in [-0.2, 0) is 25.7 Å². The number of furan rings is 1. The summed E-state index contributed by atoms with van der Waals surface area (Å²) in [4.78, 5) is 85.2. The molecule has 2 aromatic carbocycles. The molecular formula is C39H41N5O9S. The first-order valence-electron chi connectivity index (χ1n) is 17.5. The number of benzene rings is 2. The first-order valence-corrected chi connectivity index (χ1v) is 18.3. The van der Waals surface area contributed by atoms with E-state index in [0.29, 0.717) is 0 Å². The summed E-state index contributed by atoms with van der Waals surface area (Å²) < 4.78 is 10.9. The lowest BCUT2D eigenvalue weighted by Crippen LogP contribution is -2.58. The van der Waals surface area contributed by atoms with Crippen LogP contribution in [0.2, 0.25) is 0 Å². The molecule has 3 heterocycles. The highest BCUT2D eigenvalue weighted by molar-refractivity contribution is 7.13. The molecule has 0 saturated carbocycles. The van der Waals surface area contributed by atoms with Crippen molar-refractivity contribution in [2.75, 3.05) is 26.3 Å². The van der Waals surface area contributed by atoms with Crippen LogP contribution in [0, 0.1) is 12.3 Å². The zero-order chi connectivity index (χ0) is 38.7. The minimum absolute atomic E-state index is 0.0132. The van der Waals surface area contributed by atoms with Gasteiger partial charge in [-0.15, -0.1) is 11.3 Å². The van der Waals surface area contributed by atoms with Crippen LogP contribution in [0.5, 0.6) is 0 Å². The third-order valence-corrected chi connectivity index (χ3v) is 10.3. The van der Waals surface area contributed by atoms with Gasteiger partial charge in [-0.25, -0.2) is 4.98 Å². The number of likely N-dealkylation sites (tertiary alicyclic amines) is 1. The Kier molecular flexibility index (Phi) is 11.2. The smallest absolute Gasteiger partial charge is 0.287 e. The normalized spacial score (nSPS) is 17.1. The molecular weight excluding hydrogens is 715 g/mol. The number of carbonyl (C=O) groups excluding carboxylic acids is 6. The summed E-state index contributed by atoms with van der Waals surface area (Å²) in [5.74, 6) is -3.50. The molecule has 4 amide bonds. The molecule has 1 aliphatic heterocycles. The van der Waals surface area contributed by atoms with Crippen LogP contribution in [0.25, 0.3) is 10.4 Å². The number of hydrogen-bond acceptors (Lipinski definition) is 11. The molecule has 0 unspecified atom stereocenters. The van der Waals surface area contributed by atoms with Crippen molar-refractivity contribution < 1.29 is 43.0 Å². The molecule has 2 aliphatic rings. The number of aliphatic hydroxyl groups is 1. The lowest BCUT2D eigenvalue weighted by atomic mass is 9.85. The van der Waals surface area contributed by atoms with Crippen LogP contribution in [-0.4, -0.2) is 94.7 Å². The van der Waals surface area contributed by atoms with Gasteiger partial charge in [0, 0.05) is 43.2 Å². The second-order valence-electron chi connectivity index (χ2n) is 14.3. The van der Waals surface area contributed by atoms with E-state index in [2.05, 4.69) is 20.9 Å². The Morgan fingerprint density at radius 2 is 1.72 bits per heavy atom. The fraction of sp³-hybridized carbons (Fsp3) is 0.359. The van der Waals surface area contributed by atoms with Gasteiger partial charge in [-0.2, -0.15) is 0 Å². The monoisotopic (exact) mass is 755 g/mol. The SMILES string of the molecule is Cc1ncsc1-c1ccc(CNC(=O)[C@@H]2C[C@@H](O)CN2C(=O)[C@@H](NC(=O)COCCNC(=O)c2cc3c(o2)C(=O)c2ccccc2C3=O)C(C)(C)C)cc1. The summed E-state index contributed by atoms with van der Waals surface area (Å²) in [5, 5.41) is 18.7. The summed E-state index contributed by atoms with van der Waals surface area (Å²) in [6, 6.07) is 13.4. The second-order valence-corrected chi connectivity index (χ2v) is 15.2. The largest absolute Gasteiger partial charge is 0.447 e. The van der Waals surface area contributed by atoms with E-state index in [4.69, 9.17) is 9.15 Å². The van der Waals surface area contributed by atoms with Gasteiger partial charge in [0.2, 0.25) is 23.5 Å². The van der Waals surface area contributed by atoms with Crippen LogP contribution in [0.4, 0.5) is 0 Å². The Balaban J connectivity index is 0.980. The van der Waals surface area contributed by atoms with Crippen LogP contribution in [0.1, 0.15) is 81.0 Å². The number of aromatic nitrogens is 1. The van der Waals surface area contributed by atoms with Crippen LogP contribution in [0.15, 0.2) is 64.5 Å². The standard InChI is InChI=1S/C39H41N5O9S/c1-21-34(54-20-42-21)23-11-9-22(10-12-23)17-41-36(49)28-15-24(45)18-44(28)38(51)35(39(2,3)4)43-30(46)19-52-14-13-40-37(50)29-16-27-31(47)25-7-5-6-8-26(25)32(48)33(27)53-29/h5-12,16,20,24,28,35,45H,13-15,17-19H2,1-4H3,(H,40,50)(H,41,49)(H,43,46)/t24-,28+,35-/m1/s1. The van der Waals surface area contributed by atoms with Crippen molar-refractivity contribution in [3.63, 3.8) is 0 Å². The summed E-state index contributed by atoms with van der Waals surface area (Å²) in [6.07, 6.45) is -0.854. The minimum atomic E-state index is -1.04. The Labute approximate surface area is 315 Å². The van der Waals surface area contributed by atoms with Gasteiger partial charge in [0.1, 0.15) is 18.7 Å². The highest BCUT2D eigenvalue weighted by atomic mass is 32.1. The van der Waals surface area contributed by atoms with Crippen molar-refractivity contribution in [3.8, 4) is 10.4 Å². The topological polar surface area (TPSA) is 197 Å². The summed E-state index contributed by atoms with van der Waals surface area (Å²) >= 11 is 1.55. The maximum absolute atomic E-state index is 13.9. The molecule has 0 bridgehead atoms. The van der Waals surface area contributed by atoms with Crippen LogP contribution in [0.3, 0.4) is 0 Å². The molecule has 1 aliphatic carbocycles. The molecule has 4 N–H and O–H groups in total. The molecule has 282 valence electrons. The zero-order valence-electron chi connectivity index (χ0n) is 30.3. The second kappa shape index (κ2) is 15.8. The Morgan fingerprint density at radius 3 is 2.39 bits per heavy atom. The van der Waals surface area contributed by atoms with E-state index in [-0.39, 0.29) is 60.9 Å². The molecule has 6 rings (SSSR count). The fourth-order valence-electron chi connectivity index (χ4n) is 6.46. The van der Waals surface area contributed by atoms with E-state index in [9.17, 15) is 33.9 Å². The first kappa shape index (κ1) is 38.2. The maximum atomic E-state index is 13.9. The summed E-state index contributed by atoms with van der Waals surface area (Å²) in [5.41, 5.74) is 4.33. The molecule has 1 fully saturated rings. The molecule has 14 nitrogen and oxygen atoms in total. The third kappa shape index (κ3) is 8.17. The number of nitrogens with zero attached hydrogens (tertiary/aromatic N) is 2. The van der Waals surface area contributed by atoms with Gasteiger partial charge in [-0.3, -0.25) is 28.8 Å². The number of β-amino-alcohol motifs (C(OH)–C–C–N with tert-alkyl or cyclic N) is 1. The van der Waals surface area contributed by atoms with E-state index >= 15 is 0 Å². The summed E-state index contributed by atoms with van der Waals surface area (Å²) in [6.45, 7) is 6.90. The van der Waals surface area contributed by atoms with Gasteiger partial charge in [0.25, 0.3) is 5.91 Å². The van der Waals surface area contributed by atoms with E-state index < -0.39 is 65.4 Å². The maximum Gasteiger partial charge on any atom is 0.287 e. The molecule has 1 saturated heterocycles. The van der Waals surface area contributed by atoms with Crippen molar-refractivity contribution in [1.29, 1.82) is 0 Å². The molecule has 4 aromatic rings. The Bertz CT molecular complexity index is 2050. The quantitative estimate of drug-likeness (QED) is 0.137. The fourth-order valence-corrected chi connectivity index (χ4v) is 7.27. The third-order valence-electron chi connectivity index (χ3n) is 9.30. The Hall–Kier alpha value is -5.51. The van der Waals surface area contributed by atoms with E-state index in [1.165, 1.54) is 17.0 Å². The van der Waals surface area contributed by atoms with Crippen LogP contribution >= 0.6 is 11.3 Å². The van der Waals surface area contributed by atoms with E-state index in [0.717, 1.165) is 21.7 Å². The van der Waals surface area contributed by atoms with Gasteiger partial charge >= 0.3 is 0 Å². The van der Waals surface area contributed by atoms with Crippen molar-refractivity contribution >= 4 is 46.5 Å². The summed E-state index contributed by atoms with van der Waals surface area (Å²) in [7, 11) is 0. The Morgan fingerprint density at radius 1 is 1.02 bits per heavy atom. The number of aryl methyl sites for hydroxylation is 1. The van der Waals surface area contributed by atoms with Gasteiger partial charge in [0.05, 0.1) is 34.4 Å². The highest BCUT2D eigenvalue weighted by Gasteiger charge is 2.44. The van der Waals surface area contributed by atoms with Gasteiger partial charge in [0.15, 0.2) is 17.3 Å². The number of rotatable bonds is 12. The number of amides is 4. The lowest BCUT2D eigenvalue weighted by Gasteiger charge is -2.35. The average Bonchev–Trinajstić information content (AvgIpc) is 3.90. The van der Waals surface area contributed by atoms with Gasteiger partial charge in [-0.05, 0) is 23.5 Å². The van der Waals surface area contributed by atoms with Gasteiger partial charge < -0.3 is 35.1 Å². The zero-order valence-corrected chi connectivity index (χ0v) is 31.1. The molecule has 2 aromatic heterocycles. The van der Waals surface area contributed by atoms with E-state index in [1.54, 1.807) is 55.8 Å². The molecule has 15 heteroatoms. The first-order chi connectivity index (χ1) is 25.7. The molecule has 54 heavy (non-hydrogen) atoms. The van der Waals surface area contributed by atoms with Crippen molar-refractivity contribution in [2.24, 2.45) is 5.41 Å². The number of aliphatic hydroxyl groups excluding tert-OH is 1. The molecule has 0 spiro atoms. The van der Waals surface area contributed by atoms with E-state index in [1.807, 2.05) is 31.2 Å². The van der Waals surface area contributed by atoms with Crippen LogP contribution < -0.4 is 16.0 Å². The number of nitrogens with one attached hydrogen (secondary N) is 3. The number of ketones is 2. The number of fused-ring (bicyclic) bond motifs is 2. The van der Waals surface area contributed by atoms with Crippen molar-refractivity contribution in [1.82, 2.24) is 25.8 Å².